The molecule has 0 aliphatic heterocycles. The molecule has 0 aromatic rings. The summed E-state index contributed by atoms with van der Waals surface area (Å²) < 4.78 is 20.8. The fraction of sp³-hybridized carbons (Fsp3) is 0.789. The predicted octanol–water partition coefficient (Wildman–Crippen LogP) is 3.29. The number of carbonyl (C=O) groups is 2. The van der Waals surface area contributed by atoms with E-state index in [1.54, 1.807) is 0 Å². The molecule has 0 radical (unpaired) electrons. The monoisotopic (exact) mass is 358 g/mol. The van der Waals surface area contributed by atoms with Crippen molar-refractivity contribution in [1.29, 1.82) is 0 Å². The Kier molecular flexibility index (Phi) is 14.1. The Bertz CT molecular complexity index is 373. The molecule has 0 atom stereocenters. The molecule has 0 heterocycles. The number of hydrogen-bond acceptors (Lipinski definition) is 6. The van der Waals surface area contributed by atoms with Crippen LogP contribution in [0.2, 0.25) is 0 Å². The van der Waals surface area contributed by atoms with Gasteiger partial charge in [-0.2, -0.15) is 0 Å². The maximum absolute atomic E-state index is 11.5. The highest BCUT2D eigenvalue weighted by molar-refractivity contribution is 5.81. The zero-order valence-electron chi connectivity index (χ0n) is 16.0. The van der Waals surface area contributed by atoms with Crippen molar-refractivity contribution in [3.05, 3.63) is 12.7 Å². The molecule has 0 aromatic heterocycles. The maximum Gasteiger partial charge on any atom is 0.330 e. The Hall–Kier alpha value is -1.40. The van der Waals surface area contributed by atoms with Gasteiger partial charge in [-0.15, -0.1) is 0 Å². The third-order valence-electron chi connectivity index (χ3n) is 3.20. The van der Waals surface area contributed by atoms with Crippen LogP contribution >= 0.6 is 0 Å². The second-order valence-electron chi connectivity index (χ2n) is 6.94. The Morgan fingerprint density at radius 3 is 1.80 bits per heavy atom. The molecular weight excluding hydrogens is 324 g/mol. The van der Waals surface area contributed by atoms with Gasteiger partial charge in [-0.3, -0.25) is 4.79 Å². The fourth-order valence-electron chi connectivity index (χ4n) is 1.76. The van der Waals surface area contributed by atoms with Gasteiger partial charge in [0.05, 0.1) is 13.2 Å². The Morgan fingerprint density at radius 2 is 1.32 bits per heavy atom. The lowest BCUT2D eigenvalue weighted by Crippen LogP contribution is -2.12. The summed E-state index contributed by atoms with van der Waals surface area (Å²) in [6.07, 6.45) is 4.62. The van der Waals surface area contributed by atoms with E-state index in [9.17, 15) is 9.59 Å². The van der Waals surface area contributed by atoms with Gasteiger partial charge in [0.25, 0.3) is 0 Å². The zero-order chi connectivity index (χ0) is 19.0. The first-order valence-corrected chi connectivity index (χ1v) is 8.95. The molecule has 0 amide bonds. The molecule has 0 bridgehead atoms. The predicted molar refractivity (Wildman–Crippen MR) is 96.3 cm³/mol. The van der Waals surface area contributed by atoms with Crippen molar-refractivity contribution in [3.63, 3.8) is 0 Å². The maximum atomic E-state index is 11.5. The van der Waals surface area contributed by atoms with Crippen molar-refractivity contribution in [1.82, 2.24) is 0 Å². The van der Waals surface area contributed by atoms with Crippen LogP contribution in [-0.4, -0.2) is 51.6 Å². The highest BCUT2D eigenvalue weighted by Crippen LogP contribution is 2.20. The van der Waals surface area contributed by atoms with Crippen LogP contribution in [0.5, 0.6) is 0 Å². The first-order chi connectivity index (χ1) is 11.8. The van der Waals surface area contributed by atoms with Crippen molar-refractivity contribution in [2.75, 3.05) is 39.6 Å². The first-order valence-electron chi connectivity index (χ1n) is 8.95. The quantitative estimate of drug-likeness (QED) is 0.254. The summed E-state index contributed by atoms with van der Waals surface area (Å²) in [6.45, 7) is 12.7. The van der Waals surface area contributed by atoms with Gasteiger partial charge in [-0.1, -0.05) is 27.4 Å². The van der Waals surface area contributed by atoms with Crippen LogP contribution in [0.15, 0.2) is 12.7 Å². The molecule has 6 heteroatoms. The van der Waals surface area contributed by atoms with E-state index in [1.165, 1.54) is 0 Å². The molecule has 0 saturated carbocycles. The van der Waals surface area contributed by atoms with Gasteiger partial charge in [0, 0.05) is 51.8 Å². The lowest BCUT2D eigenvalue weighted by Gasteiger charge is -2.16. The molecule has 6 nitrogen and oxygen atoms in total. The Balaban J connectivity index is 3.22. The van der Waals surface area contributed by atoms with E-state index in [-0.39, 0.29) is 11.4 Å². The summed E-state index contributed by atoms with van der Waals surface area (Å²) in [6, 6.07) is 0. The number of esters is 2. The van der Waals surface area contributed by atoms with Crippen molar-refractivity contribution in [3.8, 4) is 0 Å². The van der Waals surface area contributed by atoms with Gasteiger partial charge >= 0.3 is 11.9 Å². The molecule has 0 saturated heterocycles. The van der Waals surface area contributed by atoms with E-state index < -0.39 is 5.97 Å². The minimum absolute atomic E-state index is 0.137. The van der Waals surface area contributed by atoms with Gasteiger partial charge < -0.3 is 18.9 Å². The summed E-state index contributed by atoms with van der Waals surface area (Å²) in [5.41, 5.74) is 0.153. The minimum atomic E-state index is -0.409. The normalized spacial score (nSPS) is 11.2. The summed E-state index contributed by atoms with van der Waals surface area (Å²) in [4.78, 5) is 22.3. The average Bonchev–Trinajstić information content (AvgIpc) is 2.56. The molecule has 146 valence electrons. The van der Waals surface area contributed by atoms with Crippen LogP contribution in [-0.2, 0) is 28.5 Å². The third-order valence-corrected chi connectivity index (χ3v) is 3.20. The van der Waals surface area contributed by atoms with Crippen LogP contribution in [0.25, 0.3) is 0 Å². The Labute approximate surface area is 151 Å². The van der Waals surface area contributed by atoms with Gasteiger partial charge in [0.2, 0.25) is 0 Å². The molecule has 0 N–H and O–H groups in total. The van der Waals surface area contributed by atoms with E-state index in [0.717, 1.165) is 18.9 Å². The Morgan fingerprint density at radius 1 is 0.840 bits per heavy atom. The van der Waals surface area contributed by atoms with Crippen LogP contribution in [0.1, 0.15) is 52.9 Å². The fourth-order valence-corrected chi connectivity index (χ4v) is 1.76. The second-order valence-corrected chi connectivity index (χ2v) is 6.94. The lowest BCUT2D eigenvalue weighted by molar-refractivity contribution is -0.144. The van der Waals surface area contributed by atoms with Crippen LogP contribution in [0.3, 0.4) is 0 Å². The van der Waals surface area contributed by atoms with E-state index in [2.05, 4.69) is 27.4 Å². The van der Waals surface area contributed by atoms with Crippen molar-refractivity contribution >= 4 is 11.9 Å². The van der Waals surface area contributed by atoms with Crippen LogP contribution in [0, 0.1) is 5.41 Å². The van der Waals surface area contributed by atoms with Crippen molar-refractivity contribution < 1.29 is 28.5 Å². The highest BCUT2D eigenvalue weighted by Gasteiger charge is 2.13. The third kappa shape index (κ3) is 18.8. The van der Waals surface area contributed by atoms with E-state index >= 15 is 0 Å². The van der Waals surface area contributed by atoms with Gasteiger partial charge in [0.15, 0.2) is 0 Å². The number of hydrogen-bond donors (Lipinski definition) is 0. The molecule has 0 aliphatic carbocycles. The molecule has 0 unspecified atom stereocenters. The molecule has 0 rings (SSSR count). The van der Waals surface area contributed by atoms with Gasteiger partial charge in [-0.05, 0) is 18.3 Å². The zero-order valence-corrected chi connectivity index (χ0v) is 16.0. The smallest absolute Gasteiger partial charge is 0.330 e. The topological polar surface area (TPSA) is 71.1 Å². The van der Waals surface area contributed by atoms with Gasteiger partial charge in [0.1, 0.15) is 0 Å². The van der Waals surface area contributed by atoms with E-state index in [1.807, 2.05) is 0 Å². The molecule has 0 spiro atoms. The molecular formula is C19H34O6. The molecule has 25 heavy (non-hydrogen) atoms. The van der Waals surface area contributed by atoms with E-state index in [4.69, 9.17) is 18.9 Å². The second kappa shape index (κ2) is 14.9. The summed E-state index contributed by atoms with van der Waals surface area (Å²) in [7, 11) is 0. The number of carbonyl (C=O) groups excluding carboxylic acids is 2. The molecule has 0 aliphatic rings. The average molecular weight is 358 g/mol. The van der Waals surface area contributed by atoms with E-state index in [0.29, 0.717) is 58.9 Å². The van der Waals surface area contributed by atoms with Crippen LogP contribution in [0.4, 0.5) is 0 Å². The highest BCUT2D eigenvalue weighted by atomic mass is 16.5. The summed E-state index contributed by atoms with van der Waals surface area (Å²) in [5, 5.41) is 0. The number of ether oxygens (including phenoxy) is 4. The van der Waals surface area contributed by atoms with Gasteiger partial charge in [-0.25, -0.2) is 4.79 Å². The van der Waals surface area contributed by atoms with Crippen molar-refractivity contribution in [2.24, 2.45) is 5.41 Å². The molecule has 0 fully saturated rings. The summed E-state index contributed by atoms with van der Waals surface area (Å²) in [5.74, 6) is -0.546. The van der Waals surface area contributed by atoms with Crippen molar-refractivity contribution in [2.45, 2.75) is 52.9 Å². The number of rotatable bonds is 15. The SMILES string of the molecule is C=CC(=O)OCCCOCCCOCCCOC(=O)CCC(C)(C)C. The minimum Gasteiger partial charge on any atom is -0.466 e. The lowest BCUT2D eigenvalue weighted by atomic mass is 9.91. The van der Waals surface area contributed by atoms with Crippen LogP contribution < -0.4 is 0 Å². The standard InChI is InChI=1S/C19H34O6/c1-5-17(20)24-15-7-13-22-11-6-12-23-14-8-16-25-18(21)9-10-19(2,3)4/h5H,1,6-16H2,2-4H3. The molecule has 0 aromatic carbocycles. The largest absolute Gasteiger partial charge is 0.466 e. The first kappa shape index (κ1) is 23.6. The summed E-state index contributed by atoms with van der Waals surface area (Å²) >= 11 is 0.